The van der Waals surface area contributed by atoms with Gasteiger partial charge in [-0.3, -0.25) is 4.79 Å². The largest absolute Gasteiger partial charge is 0.348 e. The van der Waals surface area contributed by atoms with Crippen molar-refractivity contribution in [1.82, 2.24) is 9.62 Å². The first kappa shape index (κ1) is 20.0. The van der Waals surface area contributed by atoms with Crippen LogP contribution in [0.5, 0.6) is 0 Å². The van der Waals surface area contributed by atoms with Crippen LogP contribution in [0.3, 0.4) is 0 Å². The number of carbonyl (C=O) groups excluding carboxylic acids is 1. The van der Waals surface area contributed by atoms with E-state index in [1.54, 1.807) is 6.08 Å². The first-order valence-electron chi connectivity index (χ1n) is 9.84. The molecule has 2 aliphatic rings. The number of amides is 1. The third-order valence-corrected chi connectivity index (χ3v) is 7.23. The number of sulfonamides is 1. The number of carbonyl (C=O) groups is 1. The predicted molar refractivity (Wildman–Crippen MR) is 107 cm³/mol. The van der Waals surface area contributed by atoms with E-state index in [2.05, 4.69) is 5.32 Å². The summed E-state index contributed by atoms with van der Waals surface area (Å²) in [7, 11) is -3.43. The number of nitrogens with zero attached hydrogens (tertiary/aromatic N) is 1. The molecule has 1 saturated heterocycles. The molecule has 1 amide bonds. The second-order valence-corrected chi connectivity index (χ2v) is 9.35. The Kier molecular flexibility index (Phi) is 6.68. The van der Waals surface area contributed by atoms with Gasteiger partial charge in [0.2, 0.25) is 10.0 Å². The van der Waals surface area contributed by atoms with Gasteiger partial charge >= 0.3 is 0 Å². The summed E-state index contributed by atoms with van der Waals surface area (Å²) in [6, 6.07) is 9.59. The summed E-state index contributed by atoms with van der Waals surface area (Å²) >= 11 is 0. The van der Waals surface area contributed by atoms with Gasteiger partial charge in [-0.15, -0.1) is 0 Å². The molecule has 7 heteroatoms. The van der Waals surface area contributed by atoms with Crippen LogP contribution in [0.4, 0.5) is 0 Å². The molecule has 1 saturated carbocycles. The molecule has 0 aromatic heterocycles. The molecule has 1 aromatic carbocycles. The zero-order valence-corrected chi connectivity index (χ0v) is 16.7. The molecule has 1 atom stereocenters. The molecule has 0 bridgehead atoms. The van der Waals surface area contributed by atoms with Gasteiger partial charge in [-0.2, -0.15) is 4.31 Å². The van der Waals surface area contributed by atoms with Crippen LogP contribution in [0.1, 0.15) is 38.2 Å². The van der Waals surface area contributed by atoms with Crippen molar-refractivity contribution < 1.29 is 18.1 Å². The molecule has 2 fully saturated rings. The molecule has 148 valence electrons. The fourth-order valence-electron chi connectivity index (χ4n) is 3.86. The van der Waals surface area contributed by atoms with Crippen LogP contribution < -0.4 is 10.2 Å². The summed E-state index contributed by atoms with van der Waals surface area (Å²) < 4.78 is 26.6. The highest BCUT2D eigenvalue weighted by molar-refractivity contribution is 7.92. The van der Waals surface area contributed by atoms with Crippen molar-refractivity contribution in [1.29, 1.82) is 0 Å². The molecular formula is C20H30N3O3S+. The minimum atomic E-state index is -3.43. The lowest BCUT2D eigenvalue weighted by molar-refractivity contribution is -0.917. The fourth-order valence-corrected chi connectivity index (χ4v) is 5.05. The summed E-state index contributed by atoms with van der Waals surface area (Å²) in [4.78, 5) is 13.6. The molecule has 0 spiro atoms. The number of piperazine rings is 1. The Morgan fingerprint density at radius 3 is 2.44 bits per heavy atom. The van der Waals surface area contributed by atoms with Crippen LogP contribution >= 0.6 is 0 Å². The highest BCUT2D eigenvalue weighted by atomic mass is 32.2. The van der Waals surface area contributed by atoms with E-state index in [-0.39, 0.29) is 11.9 Å². The number of rotatable bonds is 6. The van der Waals surface area contributed by atoms with Crippen LogP contribution in [0.2, 0.25) is 0 Å². The lowest BCUT2D eigenvalue weighted by atomic mass is 10.2. The fraction of sp³-hybridized carbons (Fsp3) is 0.550. The Morgan fingerprint density at radius 2 is 1.81 bits per heavy atom. The van der Waals surface area contributed by atoms with Crippen molar-refractivity contribution in [2.24, 2.45) is 0 Å². The average Bonchev–Trinajstić information content (AvgIpc) is 3.20. The SMILES string of the molecule is C[C@H](C(=O)NC1CCCC1)[NH+]1CCN(S(=O)(=O)/C=C/c2ccccc2)CC1. The number of quaternary nitrogens is 1. The molecule has 27 heavy (non-hydrogen) atoms. The summed E-state index contributed by atoms with van der Waals surface area (Å²) in [6.07, 6.45) is 6.17. The topological polar surface area (TPSA) is 70.9 Å². The third kappa shape index (κ3) is 5.40. The molecule has 1 aliphatic heterocycles. The normalized spacial score (nSPS) is 21.5. The zero-order valence-electron chi connectivity index (χ0n) is 15.9. The van der Waals surface area contributed by atoms with E-state index in [0.29, 0.717) is 32.2 Å². The lowest BCUT2D eigenvalue weighted by Gasteiger charge is -2.34. The van der Waals surface area contributed by atoms with Crippen LogP contribution in [-0.2, 0) is 14.8 Å². The quantitative estimate of drug-likeness (QED) is 0.746. The second-order valence-electron chi connectivity index (χ2n) is 7.53. The summed E-state index contributed by atoms with van der Waals surface area (Å²) in [5.74, 6) is 0.0946. The second kappa shape index (κ2) is 8.99. The monoisotopic (exact) mass is 392 g/mol. The highest BCUT2D eigenvalue weighted by Gasteiger charge is 2.33. The van der Waals surface area contributed by atoms with E-state index in [1.165, 1.54) is 22.6 Å². The van der Waals surface area contributed by atoms with Gasteiger partial charge < -0.3 is 10.2 Å². The summed E-state index contributed by atoms with van der Waals surface area (Å²) in [6.45, 7) is 4.13. The van der Waals surface area contributed by atoms with Gasteiger partial charge in [0.25, 0.3) is 5.91 Å². The van der Waals surface area contributed by atoms with Crippen LogP contribution in [0.25, 0.3) is 6.08 Å². The highest BCUT2D eigenvalue weighted by Crippen LogP contribution is 2.17. The standard InChI is InChI=1S/C20H29N3O3S/c1-17(20(24)21-19-9-5-6-10-19)22-12-14-23(15-13-22)27(25,26)16-11-18-7-3-2-4-8-18/h2-4,7-8,11,16-17,19H,5-6,9-10,12-15H2,1H3,(H,21,24)/p+1/b16-11+/t17-/m1/s1. The maximum absolute atomic E-state index is 12.6. The number of nitrogens with one attached hydrogen (secondary N) is 2. The predicted octanol–water partition coefficient (Wildman–Crippen LogP) is 0.635. The van der Waals surface area contributed by atoms with Crippen molar-refractivity contribution >= 4 is 22.0 Å². The molecule has 3 rings (SSSR count). The first-order valence-corrected chi connectivity index (χ1v) is 11.3. The molecular weight excluding hydrogens is 362 g/mol. The maximum Gasteiger partial charge on any atom is 0.278 e. The van der Waals surface area contributed by atoms with Gasteiger partial charge in [0.1, 0.15) is 0 Å². The van der Waals surface area contributed by atoms with Crippen molar-refractivity contribution in [3.05, 3.63) is 41.3 Å². The Morgan fingerprint density at radius 1 is 1.19 bits per heavy atom. The molecule has 1 heterocycles. The summed E-state index contributed by atoms with van der Waals surface area (Å²) in [5, 5.41) is 4.43. The van der Waals surface area contributed by atoms with E-state index >= 15 is 0 Å². The summed E-state index contributed by atoms with van der Waals surface area (Å²) in [5.41, 5.74) is 0.863. The van der Waals surface area contributed by atoms with Crippen LogP contribution in [-0.4, -0.2) is 56.9 Å². The van der Waals surface area contributed by atoms with Crippen molar-refractivity contribution in [2.75, 3.05) is 26.2 Å². The van der Waals surface area contributed by atoms with Crippen LogP contribution in [0, 0.1) is 0 Å². The van der Waals surface area contributed by atoms with Crippen molar-refractivity contribution in [3.8, 4) is 0 Å². The Balaban J connectivity index is 1.51. The Labute approximate surface area is 162 Å². The van der Waals surface area contributed by atoms with E-state index in [0.717, 1.165) is 23.3 Å². The molecule has 1 aliphatic carbocycles. The Bertz CT molecular complexity index is 750. The van der Waals surface area contributed by atoms with E-state index in [1.807, 2.05) is 37.3 Å². The van der Waals surface area contributed by atoms with E-state index in [9.17, 15) is 13.2 Å². The third-order valence-electron chi connectivity index (χ3n) is 5.66. The van der Waals surface area contributed by atoms with Gasteiger partial charge in [-0.25, -0.2) is 8.42 Å². The Hall–Kier alpha value is -1.70. The minimum Gasteiger partial charge on any atom is -0.348 e. The maximum atomic E-state index is 12.6. The van der Waals surface area contributed by atoms with Gasteiger partial charge in [0, 0.05) is 11.4 Å². The lowest BCUT2D eigenvalue weighted by Crippen LogP contribution is -3.19. The molecule has 6 nitrogen and oxygen atoms in total. The number of benzene rings is 1. The van der Waals surface area contributed by atoms with Gasteiger partial charge in [0.15, 0.2) is 6.04 Å². The van der Waals surface area contributed by atoms with Gasteiger partial charge in [-0.1, -0.05) is 43.2 Å². The first-order chi connectivity index (χ1) is 13.0. The van der Waals surface area contributed by atoms with Gasteiger partial charge in [-0.05, 0) is 31.4 Å². The van der Waals surface area contributed by atoms with Crippen molar-refractivity contribution in [3.63, 3.8) is 0 Å². The minimum absolute atomic E-state index is 0.0946. The average molecular weight is 393 g/mol. The van der Waals surface area contributed by atoms with Crippen molar-refractivity contribution in [2.45, 2.75) is 44.7 Å². The van der Waals surface area contributed by atoms with Gasteiger partial charge in [0.05, 0.1) is 26.2 Å². The number of hydrogen-bond acceptors (Lipinski definition) is 3. The molecule has 2 N–H and O–H groups in total. The van der Waals surface area contributed by atoms with E-state index in [4.69, 9.17) is 0 Å². The number of hydrogen-bond donors (Lipinski definition) is 2. The van der Waals surface area contributed by atoms with E-state index < -0.39 is 10.0 Å². The molecule has 0 radical (unpaired) electrons. The molecule has 1 aromatic rings. The zero-order chi connectivity index (χ0) is 19.3. The van der Waals surface area contributed by atoms with Crippen LogP contribution in [0.15, 0.2) is 35.7 Å². The molecule has 0 unspecified atom stereocenters. The smallest absolute Gasteiger partial charge is 0.278 e.